The maximum Gasteiger partial charge on any atom is 0.0991 e. The molecule has 2 N–H and O–H groups in total. The molecular formula is C22H22N4. The van der Waals surface area contributed by atoms with Gasteiger partial charge in [-0.25, -0.2) is 0 Å². The third kappa shape index (κ3) is 2.84. The number of aromatic nitrogens is 2. The molecule has 0 aliphatic heterocycles. The van der Waals surface area contributed by atoms with Crippen LogP contribution in [0.1, 0.15) is 54.1 Å². The topological polar surface area (TPSA) is 64.5 Å². The molecule has 4 nitrogen and oxygen atoms in total. The number of aromatic amines is 1. The Morgan fingerprint density at radius 1 is 1.15 bits per heavy atom. The van der Waals surface area contributed by atoms with Gasteiger partial charge in [0.05, 0.1) is 28.9 Å². The molecular weight excluding hydrogens is 320 g/mol. The van der Waals surface area contributed by atoms with E-state index in [2.05, 4.69) is 51.9 Å². The summed E-state index contributed by atoms with van der Waals surface area (Å²) in [5.74, 6) is 0.831. The van der Waals surface area contributed by atoms with E-state index in [0.717, 1.165) is 48.4 Å². The monoisotopic (exact) mass is 342 g/mol. The lowest BCUT2D eigenvalue weighted by molar-refractivity contribution is 0.600. The van der Waals surface area contributed by atoms with Crippen molar-refractivity contribution in [1.82, 2.24) is 10.2 Å². The molecule has 1 unspecified atom stereocenters. The number of benzene rings is 2. The Morgan fingerprint density at radius 3 is 2.92 bits per heavy atom. The van der Waals surface area contributed by atoms with Gasteiger partial charge in [0.15, 0.2) is 0 Å². The van der Waals surface area contributed by atoms with E-state index in [1.165, 1.54) is 35.0 Å². The van der Waals surface area contributed by atoms with Gasteiger partial charge >= 0.3 is 0 Å². The van der Waals surface area contributed by atoms with Crippen LogP contribution in [0, 0.1) is 17.2 Å². The molecule has 1 heterocycles. The number of fused-ring (bicyclic) bond motifs is 2. The minimum atomic E-state index is 0.308. The lowest BCUT2D eigenvalue weighted by atomic mass is 9.86. The molecule has 130 valence electrons. The molecule has 0 radical (unpaired) electrons. The van der Waals surface area contributed by atoms with Gasteiger partial charge in [0.1, 0.15) is 0 Å². The van der Waals surface area contributed by atoms with Crippen molar-refractivity contribution < 1.29 is 0 Å². The van der Waals surface area contributed by atoms with Crippen molar-refractivity contribution in [2.75, 3.05) is 5.32 Å². The van der Waals surface area contributed by atoms with Gasteiger partial charge in [0.2, 0.25) is 0 Å². The van der Waals surface area contributed by atoms with Crippen LogP contribution >= 0.6 is 0 Å². The Bertz CT molecular complexity index is 1010. The molecule has 2 aliphatic carbocycles. The fourth-order valence-electron chi connectivity index (χ4n) is 4.14. The van der Waals surface area contributed by atoms with E-state index in [9.17, 15) is 0 Å². The van der Waals surface area contributed by atoms with E-state index in [4.69, 9.17) is 5.26 Å². The minimum absolute atomic E-state index is 0.308. The number of H-pyrrole nitrogens is 1. The standard InChI is InChI=1S/C22H22N4/c23-13-15-6-8-18-16(10-15)2-1-3-20(18)24-17-7-9-21-19(12-17)22(26-25-21)11-14-4-5-14/h6-10,12,14,20,24H,1-5,11H2,(H,25,26). The zero-order chi connectivity index (χ0) is 17.5. The summed E-state index contributed by atoms with van der Waals surface area (Å²) in [6.07, 6.45) is 7.12. The molecule has 2 aromatic carbocycles. The van der Waals surface area contributed by atoms with Crippen molar-refractivity contribution in [3.05, 3.63) is 58.8 Å². The van der Waals surface area contributed by atoms with Crippen molar-refractivity contribution in [1.29, 1.82) is 5.26 Å². The highest BCUT2D eigenvalue weighted by atomic mass is 15.1. The van der Waals surface area contributed by atoms with E-state index in [1.54, 1.807) is 0 Å². The first kappa shape index (κ1) is 15.5. The highest BCUT2D eigenvalue weighted by Gasteiger charge is 2.24. The summed E-state index contributed by atoms with van der Waals surface area (Å²) >= 11 is 0. The molecule has 1 fully saturated rings. The Hall–Kier alpha value is -2.80. The SMILES string of the molecule is N#Cc1ccc2c(c1)CCCC2Nc1ccc2[nH]nc(CC3CC3)c2c1. The van der Waals surface area contributed by atoms with Gasteiger partial charge in [-0.05, 0) is 85.9 Å². The van der Waals surface area contributed by atoms with Gasteiger partial charge in [-0.1, -0.05) is 6.07 Å². The highest BCUT2D eigenvalue weighted by molar-refractivity contribution is 5.85. The van der Waals surface area contributed by atoms with E-state index in [1.807, 2.05) is 6.07 Å². The van der Waals surface area contributed by atoms with Crippen LogP contribution in [-0.4, -0.2) is 10.2 Å². The van der Waals surface area contributed by atoms with Crippen molar-refractivity contribution in [2.45, 2.75) is 44.6 Å². The summed E-state index contributed by atoms with van der Waals surface area (Å²) < 4.78 is 0. The summed E-state index contributed by atoms with van der Waals surface area (Å²) in [6, 6.07) is 15.2. The number of rotatable bonds is 4. The number of nitrogens with one attached hydrogen (secondary N) is 2. The fourth-order valence-corrected chi connectivity index (χ4v) is 4.14. The number of hydrogen-bond acceptors (Lipinski definition) is 3. The second kappa shape index (κ2) is 6.17. The van der Waals surface area contributed by atoms with E-state index in [-0.39, 0.29) is 0 Å². The molecule has 4 heteroatoms. The van der Waals surface area contributed by atoms with Crippen molar-refractivity contribution in [3.8, 4) is 6.07 Å². The predicted molar refractivity (Wildman–Crippen MR) is 103 cm³/mol. The third-order valence-electron chi connectivity index (χ3n) is 5.75. The number of aryl methyl sites for hydroxylation is 1. The van der Waals surface area contributed by atoms with Crippen LogP contribution in [0.15, 0.2) is 36.4 Å². The molecule has 1 atom stereocenters. The average molecular weight is 342 g/mol. The number of nitriles is 1. The number of anilines is 1. The van der Waals surface area contributed by atoms with Crippen LogP contribution in [0.25, 0.3) is 10.9 Å². The molecule has 0 saturated heterocycles. The van der Waals surface area contributed by atoms with Crippen molar-refractivity contribution in [3.63, 3.8) is 0 Å². The predicted octanol–water partition coefficient (Wildman–Crippen LogP) is 4.88. The maximum atomic E-state index is 9.14. The second-order valence-corrected chi connectivity index (χ2v) is 7.69. The molecule has 3 aromatic rings. The number of nitrogens with zero attached hydrogens (tertiary/aromatic N) is 2. The summed E-state index contributed by atoms with van der Waals surface area (Å²) in [5.41, 5.74) is 6.88. The Kier molecular flexibility index (Phi) is 3.67. The van der Waals surface area contributed by atoms with Crippen LogP contribution in [0.5, 0.6) is 0 Å². The normalized spacial score (nSPS) is 19.1. The summed E-state index contributed by atoms with van der Waals surface area (Å²) in [7, 11) is 0. The summed E-state index contributed by atoms with van der Waals surface area (Å²) in [4.78, 5) is 0. The molecule has 5 rings (SSSR count). The quantitative estimate of drug-likeness (QED) is 0.710. The first-order valence-electron chi connectivity index (χ1n) is 9.56. The van der Waals surface area contributed by atoms with Gasteiger partial charge in [-0.15, -0.1) is 0 Å². The van der Waals surface area contributed by atoms with Gasteiger partial charge in [-0.3, -0.25) is 5.10 Å². The lowest BCUT2D eigenvalue weighted by Gasteiger charge is -2.27. The molecule has 1 aromatic heterocycles. The van der Waals surface area contributed by atoms with Gasteiger partial charge in [0.25, 0.3) is 0 Å². The Morgan fingerprint density at radius 2 is 2.08 bits per heavy atom. The van der Waals surface area contributed by atoms with Gasteiger partial charge in [0, 0.05) is 11.1 Å². The van der Waals surface area contributed by atoms with Crippen LogP contribution in [-0.2, 0) is 12.8 Å². The van der Waals surface area contributed by atoms with E-state index < -0.39 is 0 Å². The zero-order valence-electron chi connectivity index (χ0n) is 14.8. The Balaban J connectivity index is 1.44. The van der Waals surface area contributed by atoms with Crippen LogP contribution in [0.2, 0.25) is 0 Å². The average Bonchev–Trinajstić information content (AvgIpc) is 3.41. The van der Waals surface area contributed by atoms with Gasteiger partial charge in [-0.2, -0.15) is 10.4 Å². The van der Waals surface area contributed by atoms with Gasteiger partial charge < -0.3 is 5.32 Å². The van der Waals surface area contributed by atoms with Crippen molar-refractivity contribution >= 4 is 16.6 Å². The fraction of sp³-hybridized carbons (Fsp3) is 0.364. The molecule has 0 spiro atoms. The highest BCUT2D eigenvalue weighted by Crippen LogP contribution is 2.36. The maximum absolute atomic E-state index is 9.14. The third-order valence-corrected chi connectivity index (χ3v) is 5.75. The zero-order valence-corrected chi connectivity index (χ0v) is 14.8. The van der Waals surface area contributed by atoms with Crippen LogP contribution < -0.4 is 5.32 Å². The van der Waals surface area contributed by atoms with Crippen LogP contribution in [0.3, 0.4) is 0 Å². The molecule has 26 heavy (non-hydrogen) atoms. The largest absolute Gasteiger partial charge is 0.378 e. The van der Waals surface area contributed by atoms with Crippen LogP contribution in [0.4, 0.5) is 5.69 Å². The molecule has 1 saturated carbocycles. The minimum Gasteiger partial charge on any atom is -0.378 e. The van der Waals surface area contributed by atoms with E-state index in [0.29, 0.717) is 6.04 Å². The molecule has 0 bridgehead atoms. The smallest absolute Gasteiger partial charge is 0.0991 e. The summed E-state index contributed by atoms with van der Waals surface area (Å²) in [6.45, 7) is 0. The lowest BCUT2D eigenvalue weighted by Crippen LogP contribution is -2.17. The Labute approximate surface area is 153 Å². The summed E-state index contributed by atoms with van der Waals surface area (Å²) in [5, 5.41) is 21.8. The molecule has 0 amide bonds. The number of hydrogen-bond donors (Lipinski definition) is 2. The van der Waals surface area contributed by atoms with E-state index >= 15 is 0 Å². The second-order valence-electron chi connectivity index (χ2n) is 7.69. The molecule has 2 aliphatic rings. The van der Waals surface area contributed by atoms with Crippen molar-refractivity contribution in [2.24, 2.45) is 5.92 Å². The first-order valence-corrected chi connectivity index (χ1v) is 9.56. The first-order chi connectivity index (χ1) is 12.8.